The van der Waals surface area contributed by atoms with Gasteiger partial charge in [-0.25, -0.2) is 0 Å². The summed E-state index contributed by atoms with van der Waals surface area (Å²) in [6.07, 6.45) is 11.5. The van der Waals surface area contributed by atoms with Crippen LogP contribution in [-0.2, 0) is 0 Å². The van der Waals surface area contributed by atoms with E-state index >= 15 is 0 Å². The summed E-state index contributed by atoms with van der Waals surface area (Å²) in [6, 6.07) is 0.814. The zero-order chi connectivity index (χ0) is 12.3. The predicted molar refractivity (Wildman–Crippen MR) is 75.2 cm³/mol. The van der Waals surface area contributed by atoms with Gasteiger partial charge in [-0.05, 0) is 55.9 Å². The van der Waals surface area contributed by atoms with Gasteiger partial charge in [-0.15, -0.1) is 0 Å². The van der Waals surface area contributed by atoms with Crippen LogP contribution >= 0.6 is 0 Å². The second kappa shape index (κ2) is 5.73. The first-order valence-corrected chi connectivity index (χ1v) is 7.82. The summed E-state index contributed by atoms with van der Waals surface area (Å²) in [4.78, 5) is 0. The normalized spacial score (nSPS) is 37.2. The Kier molecular flexibility index (Phi) is 4.52. The Hall–Kier alpha value is -0.0400. The molecule has 2 aliphatic rings. The summed E-state index contributed by atoms with van der Waals surface area (Å²) in [7, 11) is 0. The largest absolute Gasteiger partial charge is 0.314 e. The standard InChI is InChI=1S/C16H31N/c1-4-13-5-7-14(8-6-13)12-17-15-9-10-16(2,3)11-15/h13-15,17H,4-12H2,1-3H3. The topological polar surface area (TPSA) is 12.0 Å². The van der Waals surface area contributed by atoms with Gasteiger partial charge in [0, 0.05) is 6.04 Å². The average molecular weight is 237 g/mol. The molecule has 0 saturated heterocycles. The fourth-order valence-corrected chi connectivity index (χ4v) is 3.79. The molecule has 0 bridgehead atoms. The Morgan fingerprint density at radius 3 is 2.18 bits per heavy atom. The molecule has 1 unspecified atom stereocenters. The number of rotatable bonds is 4. The molecule has 2 fully saturated rings. The predicted octanol–water partition coefficient (Wildman–Crippen LogP) is 4.37. The highest BCUT2D eigenvalue weighted by Gasteiger charge is 2.31. The molecule has 1 N–H and O–H groups in total. The molecular formula is C16H31N. The molecule has 0 spiro atoms. The Bertz CT molecular complexity index is 226. The van der Waals surface area contributed by atoms with Crippen molar-refractivity contribution in [1.29, 1.82) is 0 Å². The van der Waals surface area contributed by atoms with Gasteiger partial charge in [0.2, 0.25) is 0 Å². The molecule has 0 aliphatic heterocycles. The van der Waals surface area contributed by atoms with Crippen LogP contribution in [0, 0.1) is 17.3 Å². The number of hydrogen-bond acceptors (Lipinski definition) is 1. The maximum atomic E-state index is 3.84. The van der Waals surface area contributed by atoms with Gasteiger partial charge in [-0.1, -0.05) is 40.0 Å². The van der Waals surface area contributed by atoms with E-state index in [-0.39, 0.29) is 0 Å². The lowest BCUT2D eigenvalue weighted by atomic mass is 9.81. The monoisotopic (exact) mass is 237 g/mol. The smallest absolute Gasteiger partial charge is 0.00724 e. The van der Waals surface area contributed by atoms with E-state index in [1.807, 2.05) is 0 Å². The SMILES string of the molecule is CCC1CCC(CNC2CCC(C)(C)C2)CC1. The van der Waals surface area contributed by atoms with Crippen molar-refractivity contribution in [3.05, 3.63) is 0 Å². The van der Waals surface area contributed by atoms with E-state index in [0.717, 1.165) is 17.9 Å². The zero-order valence-electron chi connectivity index (χ0n) is 12.1. The summed E-state index contributed by atoms with van der Waals surface area (Å²) in [5, 5.41) is 3.84. The second-order valence-electron chi connectivity index (χ2n) is 7.31. The van der Waals surface area contributed by atoms with Gasteiger partial charge in [-0.3, -0.25) is 0 Å². The molecule has 1 heteroatoms. The molecule has 17 heavy (non-hydrogen) atoms. The Morgan fingerprint density at radius 2 is 1.65 bits per heavy atom. The van der Waals surface area contributed by atoms with Gasteiger partial charge in [0.15, 0.2) is 0 Å². The quantitative estimate of drug-likeness (QED) is 0.765. The van der Waals surface area contributed by atoms with Crippen LogP contribution in [0.5, 0.6) is 0 Å². The molecule has 0 aromatic carbocycles. The van der Waals surface area contributed by atoms with Gasteiger partial charge in [-0.2, -0.15) is 0 Å². The summed E-state index contributed by atoms with van der Waals surface area (Å²) < 4.78 is 0. The first-order chi connectivity index (χ1) is 8.09. The molecule has 0 aromatic heterocycles. The van der Waals surface area contributed by atoms with Crippen molar-refractivity contribution in [2.75, 3.05) is 6.54 Å². The molecule has 0 heterocycles. The third-order valence-electron chi connectivity index (χ3n) is 5.21. The van der Waals surface area contributed by atoms with Gasteiger partial charge in [0.05, 0.1) is 0 Å². The van der Waals surface area contributed by atoms with Crippen molar-refractivity contribution >= 4 is 0 Å². The van der Waals surface area contributed by atoms with Crippen LogP contribution in [0.25, 0.3) is 0 Å². The van der Waals surface area contributed by atoms with E-state index < -0.39 is 0 Å². The van der Waals surface area contributed by atoms with Crippen LogP contribution in [-0.4, -0.2) is 12.6 Å². The van der Waals surface area contributed by atoms with Crippen LogP contribution in [0.15, 0.2) is 0 Å². The van der Waals surface area contributed by atoms with Crippen LogP contribution in [0.4, 0.5) is 0 Å². The molecule has 0 amide bonds. The van der Waals surface area contributed by atoms with Crippen molar-refractivity contribution in [3.63, 3.8) is 0 Å². The van der Waals surface area contributed by atoms with Crippen LogP contribution in [0.3, 0.4) is 0 Å². The van der Waals surface area contributed by atoms with Gasteiger partial charge in [0.1, 0.15) is 0 Å². The molecular weight excluding hydrogens is 206 g/mol. The highest BCUT2D eigenvalue weighted by Crippen LogP contribution is 2.37. The maximum Gasteiger partial charge on any atom is 0.00724 e. The number of nitrogens with one attached hydrogen (secondary N) is 1. The fourth-order valence-electron chi connectivity index (χ4n) is 3.79. The minimum absolute atomic E-state index is 0.595. The Labute approximate surface area is 108 Å². The highest BCUT2D eigenvalue weighted by atomic mass is 14.9. The minimum atomic E-state index is 0.595. The third-order valence-corrected chi connectivity index (χ3v) is 5.21. The lowest BCUT2D eigenvalue weighted by molar-refractivity contribution is 0.254. The molecule has 2 rings (SSSR count). The van der Waals surface area contributed by atoms with Crippen molar-refractivity contribution < 1.29 is 0 Å². The van der Waals surface area contributed by atoms with Crippen molar-refractivity contribution in [3.8, 4) is 0 Å². The van der Waals surface area contributed by atoms with Gasteiger partial charge in [0.25, 0.3) is 0 Å². The summed E-state index contributed by atoms with van der Waals surface area (Å²) >= 11 is 0. The fraction of sp³-hybridized carbons (Fsp3) is 1.00. The molecule has 2 saturated carbocycles. The van der Waals surface area contributed by atoms with E-state index in [9.17, 15) is 0 Å². The molecule has 1 nitrogen and oxygen atoms in total. The second-order valence-corrected chi connectivity index (χ2v) is 7.31. The van der Waals surface area contributed by atoms with Crippen LogP contribution in [0.1, 0.15) is 72.1 Å². The lowest BCUT2D eigenvalue weighted by Crippen LogP contribution is -2.33. The maximum absolute atomic E-state index is 3.84. The van der Waals surface area contributed by atoms with Crippen molar-refractivity contribution in [1.82, 2.24) is 5.32 Å². The zero-order valence-corrected chi connectivity index (χ0v) is 12.1. The summed E-state index contributed by atoms with van der Waals surface area (Å²) in [6.45, 7) is 8.48. The minimum Gasteiger partial charge on any atom is -0.314 e. The highest BCUT2D eigenvalue weighted by molar-refractivity contribution is 4.87. The van der Waals surface area contributed by atoms with Gasteiger partial charge < -0.3 is 5.32 Å². The van der Waals surface area contributed by atoms with E-state index in [0.29, 0.717) is 5.41 Å². The van der Waals surface area contributed by atoms with E-state index in [4.69, 9.17) is 0 Å². The Balaban J connectivity index is 1.63. The number of hydrogen-bond donors (Lipinski definition) is 1. The van der Waals surface area contributed by atoms with Crippen LogP contribution in [0.2, 0.25) is 0 Å². The van der Waals surface area contributed by atoms with E-state index in [2.05, 4.69) is 26.1 Å². The molecule has 1 atom stereocenters. The van der Waals surface area contributed by atoms with E-state index in [1.54, 1.807) is 0 Å². The third kappa shape index (κ3) is 3.98. The van der Waals surface area contributed by atoms with Crippen LogP contribution < -0.4 is 5.32 Å². The van der Waals surface area contributed by atoms with Crippen molar-refractivity contribution in [2.24, 2.45) is 17.3 Å². The Morgan fingerprint density at radius 1 is 1.00 bits per heavy atom. The van der Waals surface area contributed by atoms with E-state index in [1.165, 1.54) is 57.9 Å². The molecule has 2 aliphatic carbocycles. The average Bonchev–Trinajstić information content (AvgIpc) is 2.67. The van der Waals surface area contributed by atoms with Gasteiger partial charge >= 0.3 is 0 Å². The van der Waals surface area contributed by atoms with Crippen molar-refractivity contribution in [2.45, 2.75) is 78.2 Å². The lowest BCUT2D eigenvalue weighted by Gasteiger charge is -2.29. The molecule has 0 radical (unpaired) electrons. The first kappa shape index (κ1) is 13.4. The molecule has 100 valence electrons. The molecule has 0 aromatic rings. The first-order valence-electron chi connectivity index (χ1n) is 7.82. The summed E-state index contributed by atoms with van der Waals surface area (Å²) in [5.74, 6) is 2.01. The summed E-state index contributed by atoms with van der Waals surface area (Å²) in [5.41, 5.74) is 0.595.